The first-order valence-electron chi connectivity index (χ1n) is 7.70. The maximum atomic E-state index is 9.12. The predicted octanol–water partition coefficient (Wildman–Crippen LogP) is 2.87. The zero-order chi connectivity index (χ0) is 15.1. The third-order valence-electron chi connectivity index (χ3n) is 3.89. The molecule has 0 aliphatic heterocycles. The number of hydrogen-bond acceptors (Lipinski definition) is 3. The van der Waals surface area contributed by atoms with Crippen LogP contribution in [0, 0.1) is 6.92 Å². The summed E-state index contributed by atoms with van der Waals surface area (Å²) in [5.74, 6) is 0. The van der Waals surface area contributed by atoms with Gasteiger partial charge in [0.1, 0.15) is 0 Å². The van der Waals surface area contributed by atoms with Gasteiger partial charge in [0.15, 0.2) is 0 Å². The molecule has 0 amide bonds. The molecular formula is C17H30N2O. The Hall–Kier alpha value is -0.900. The van der Waals surface area contributed by atoms with Crippen LogP contribution in [-0.2, 0) is 0 Å². The van der Waals surface area contributed by atoms with Crippen LogP contribution in [-0.4, -0.2) is 35.2 Å². The van der Waals surface area contributed by atoms with Gasteiger partial charge in [-0.3, -0.25) is 4.90 Å². The third kappa shape index (κ3) is 4.58. The van der Waals surface area contributed by atoms with Crippen LogP contribution in [0.15, 0.2) is 24.3 Å². The van der Waals surface area contributed by atoms with Crippen LogP contribution in [0.25, 0.3) is 0 Å². The number of nitrogens with two attached hydrogens (primary N) is 1. The second kappa shape index (κ2) is 8.40. The van der Waals surface area contributed by atoms with Crippen molar-refractivity contribution < 1.29 is 5.11 Å². The summed E-state index contributed by atoms with van der Waals surface area (Å²) in [4.78, 5) is 2.41. The van der Waals surface area contributed by atoms with Crippen molar-refractivity contribution in [3.05, 3.63) is 35.4 Å². The molecule has 1 aromatic rings. The summed E-state index contributed by atoms with van der Waals surface area (Å²) in [5, 5.41) is 9.12. The van der Waals surface area contributed by atoms with Crippen molar-refractivity contribution in [1.82, 2.24) is 4.90 Å². The molecule has 0 aromatic heterocycles. The molecular weight excluding hydrogens is 248 g/mol. The smallest absolute Gasteiger partial charge is 0.0501 e. The number of nitrogens with zero attached hydrogens (tertiary/aromatic N) is 1. The molecule has 0 aliphatic rings. The summed E-state index contributed by atoms with van der Waals surface area (Å²) in [5.41, 5.74) is 8.94. The Bertz CT molecular complexity index is 375. The highest BCUT2D eigenvalue weighted by Crippen LogP contribution is 2.27. The highest BCUT2D eigenvalue weighted by Gasteiger charge is 2.27. The Morgan fingerprint density at radius 2 is 1.80 bits per heavy atom. The van der Waals surface area contributed by atoms with E-state index in [-0.39, 0.29) is 18.7 Å². The predicted molar refractivity (Wildman–Crippen MR) is 85.7 cm³/mol. The highest BCUT2D eigenvalue weighted by atomic mass is 16.3. The third-order valence-corrected chi connectivity index (χ3v) is 3.89. The van der Waals surface area contributed by atoms with E-state index in [0.29, 0.717) is 6.04 Å². The van der Waals surface area contributed by atoms with E-state index in [0.717, 1.165) is 19.4 Å². The topological polar surface area (TPSA) is 49.5 Å². The molecule has 3 nitrogen and oxygen atoms in total. The normalized spacial score (nSPS) is 14.8. The molecule has 0 fully saturated rings. The van der Waals surface area contributed by atoms with Gasteiger partial charge in [0.25, 0.3) is 0 Å². The van der Waals surface area contributed by atoms with Crippen molar-refractivity contribution >= 4 is 0 Å². The van der Waals surface area contributed by atoms with Crippen LogP contribution >= 0.6 is 0 Å². The van der Waals surface area contributed by atoms with Gasteiger partial charge >= 0.3 is 0 Å². The van der Waals surface area contributed by atoms with Gasteiger partial charge in [-0.1, -0.05) is 36.8 Å². The number of hydrogen-bond donors (Lipinski definition) is 2. The summed E-state index contributed by atoms with van der Waals surface area (Å²) < 4.78 is 0. The molecule has 0 aliphatic carbocycles. The Balaban J connectivity index is 3.05. The molecule has 1 rings (SSSR count). The van der Waals surface area contributed by atoms with Gasteiger partial charge in [-0.25, -0.2) is 0 Å². The van der Waals surface area contributed by atoms with Gasteiger partial charge < -0.3 is 10.8 Å². The summed E-state index contributed by atoms with van der Waals surface area (Å²) in [6.07, 6.45) is 1.73. The van der Waals surface area contributed by atoms with E-state index < -0.39 is 0 Å². The van der Waals surface area contributed by atoms with Crippen molar-refractivity contribution in [2.45, 2.75) is 58.7 Å². The average Bonchev–Trinajstić information content (AvgIpc) is 2.43. The maximum absolute atomic E-state index is 9.12. The lowest BCUT2D eigenvalue weighted by Crippen LogP contribution is -2.44. The van der Waals surface area contributed by atoms with Crippen molar-refractivity contribution in [2.75, 3.05) is 13.2 Å². The number of rotatable bonds is 8. The number of aliphatic hydroxyl groups excluding tert-OH is 1. The maximum Gasteiger partial charge on any atom is 0.0501 e. The van der Waals surface area contributed by atoms with Crippen LogP contribution in [0.2, 0.25) is 0 Å². The van der Waals surface area contributed by atoms with Crippen LogP contribution < -0.4 is 5.73 Å². The van der Waals surface area contributed by atoms with Crippen LogP contribution in [0.5, 0.6) is 0 Å². The van der Waals surface area contributed by atoms with E-state index in [1.807, 2.05) is 0 Å². The molecule has 0 bridgehead atoms. The fourth-order valence-corrected chi connectivity index (χ4v) is 2.64. The Morgan fingerprint density at radius 1 is 1.20 bits per heavy atom. The first-order chi connectivity index (χ1) is 9.51. The SMILES string of the molecule is CCC(N)C(c1ccc(C)cc1)N(CCCO)C(C)C. The van der Waals surface area contributed by atoms with E-state index in [2.05, 4.69) is 56.9 Å². The molecule has 0 spiro atoms. The van der Waals surface area contributed by atoms with Gasteiger partial charge in [-0.2, -0.15) is 0 Å². The number of aliphatic hydroxyl groups is 1. The largest absolute Gasteiger partial charge is 0.396 e. The zero-order valence-corrected chi connectivity index (χ0v) is 13.3. The van der Waals surface area contributed by atoms with E-state index >= 15 is 0 Å². The zero-order valence-electron chi connectivity index (χ0n) is 13.3. The minimum absolute atomic E-state index is 0.110. The second-order valence-electron chi connectivity index (χ2n) is 5.84. The summed E-state index contributed by atoms with van der Waals surface area (Å²) >= 11 is 0. The Labute approximate surface area is 123 Å². The molecule has 3 heteroatoms. The number of benzene rings is 1. The Morgan fingerprint density at radius 3 is 2.25 bits per heavy atom. The summed E-state index contributed by atoms with van der Waals surface area (Å²) in [7, 11) is 0. The van der Waals surface area contributed by atoms with Crippen molar-refractivity contribution in [2.24, 2.45) is 5.73 Å². The molecule has 2 unspecified atom stereocenters. The molecule has 0 saturated heterocycles. The Kier molecular flexibility index (Phi) is 7.20. The monoisotopic (exact) mass is 278 g/mol. The summed E-state index contributed by atoms with van der Waals surface area (Å²) in [6, 6.07) is 9.40. The van der Waals surface area contributed by atoms with Crippen molar-refractivity contribution in [1.29, 1.82) is 0 Å². The minimum Gasteiger partial charge on any atom is -0.396 e. The molecule has 3 N–H and O–H groups in total. The summed E-state index contributed by atoms with van der Waals surface area (Å²) in [6.45, 7) is 9.73. The fourth-order valence-electron chi connectivity index (χ4n) is 2.64. The highest BCUT2D eigenvalue weighted by molar-refractivity contribution is 5.25. The molecule has 2 atom stereocenters. The molecule has 114 valence electrons. The lowest BCUT2D eigenvalue weighted by molar-refractivity contribution is 0.118. The van der Waals surface area contributed by atoms with E-state index in [1.54, 1.807) is 0 Å². The minimum atomic E-state index is 0.110. The lowest BCUT2D eigenvalue weighted by atomic mass is 9.94. The van der Waals surface area contributed by atoms with Crippen LogP contribution in [0.4, 0.5) is 0 Å². The molecule has 0 radical (unpaired) electrons. The van der Waals surface area contributed by atoms with E-state index in [4.69, 9.17) is 10.8 Å². The van der Waals surface area contributed by atoms with Gasteiger partial charge in [0.05, 0.1) is 6.04 Å². The van der Waals surface area contributed by atoms with Crippen LogP contribution in [0.1, 0.15) is 50.8 Å². The van der Waals surface area contributed by atoms with Gasteiger partial charge in [-0.15, -0.1) is 0 Å². The molecule has 20 heavy (non-hydrogen) atoms. The van der Waals surface area contributed by atoms with Gasteiger partial charge in [0.2, 0.25) is 0 Å². The van der Waals surface area contributed by atoms with Crippen molar-refractivity contribution in [3.8, 4) is 0 Å². The average molecular weight is 278 g/mol. The molecule has 0 heterocycles. The van der Waals surface area contributed by atoms with Gasteiger partial charge in [0, 0.05) is 25.2 Å². The molecule has 1 aromatic carbocycles. The van der Waals surface area contributed by atoms with Crippen LogP contribution in [0.3, 0.4) is 0 Å². The van der Waals surface area contributed by atoms with E-state index in [9.17, 15) is 0 Å². The lowest BCUT2D eigenvalue weighted by Gasteiger charge is -2.38. The number of aryl methyl sites for hydroxylation is 1. The molecule has 0 saturated carbocycles. The first-order valence-corrected chi connectivity index (χ1v) is 7.70. The fraction of sp³-hybridized carbons (Fsp3) is 0.647. The van der Waals surface area contributed by atoms with Crippen molar-refractivity contribution in [3.63, 3.8) is 0 Å². The van der Waals surface area contributed by atoms with Gasteiger partial charge in [-0.05, 0) is 39.2 Å². The second-order valence-corrected chi connectivity index (χ2v) is 5.84. The van der Waals surface area contributed by atoms with E-state index in [1.165, 1.54) is 11.1 Å². The quantitative estimate of drug-likeness (QED) is 0.769. The standard InChI is InChI=1S/C17H30N2O/c1-5-16(18)17(15-9-7-14(4)8-10-15)19(13(2)3)11-6-12-20/h7-10,13,16-17,20H,5-6,11-12,18H2,1-4H3. The first kappa shape index (κ1) is 17.2.